The third-order valence-corrected chi connectivity index (χ3v) is 5.32. The molecule has 4 rings (SSSR count). The lowest BCUT2D eigenvalue weighted by Gasteiger charge is -2.15. The van der Waals surface area contributed by atoms with Gasteiger partial charge in [-0.2, -0.15) is 13.2 Å². The Labute approximate surface area is 204 Å². The minimum absolute atomic E-state index is 0.0264. The number of anilines is 1. The number of fused-ring (bicyclic) bond motifs is 1. The zero-order valence-electron chi connectivity index (χ0n) is 19.5. The van der Waals surface area contributed by atoms with Gasteiger partial charge in [0.05, 0.1) is 31.0 Å². The third-order valence-electron chi connectivity index (χ3n) is 5.32. The SMILES string of the molecule is CC(=O)Cn1c(=O)c2c(ncn2C(C)C(=O)Nc2cncc(-c3cnc(C(F)(F)F)nc3)n2)n(C)c1=O. The van der Waals surface area contributed by atoms with Crippen molar-refractivity contribution >= 4 is 28.7 Å². The van der Waals surface area contributed by atoms with Gasteiger partial charge < -0.3 is 9.88 Å². The van der Waals surface area contributed by atoms with Gasteiger partial charge in [-0.15, -0.1) is 0 Å². The highest BCUT2D eigenvalue weighted by Crippen LogP contribution is 2.26. The van der Waals surface area contributed by atoms with E-state index in [2.05, 4.69) is 30.2 Å². The summed E-state index contributed by atoms with van der Waals surface area (Å²) < 4.78 is 41.2. The van der Waals surface area contributed by atoms with Gasteiger partial charge in [-0.3, -0.25) is 28.5 Å². The maximum absolute atomic E-state index is 13.0. The molecule has 0 saturated carbocycles. The van der Waals surface area contributed by atoms with Crippen molar-refractivity contribution in [3.8, 4) is 11.3 Å². The summed E-state index contributed by atoms with van der Waals surface area (Å²) in [6, 6.07) is -1.03. The van der Waals surface area contributed by atoms with Gasteiger partial charge in [0.25, 0.3) is 5.56 Å². The number of carbonyl (C=O) groups is 2. The van der Waals surface area contributed by atoms with Crippen LogP contribution in [0, 0.1) is 0 Å². The fraction of sp³-hybridized carbons (Fsp3) is 0.286. The summed E-state index contributed by atoms with van der Waals surface area (Å²) >= 11 is 0. The summed E-state index contributed by atoms with van der Waals surface area (Å²) in [5.74, 6) is -2.39. The molecule has 0 aliphatic heterocycles. The molecular weight excluding hydrogens is 499 g/mol. The van der Waals surface area contributed by atoms with Crippen molar-refractivity contribution in [2.75, 3.05) is 5.32 Å². The monoisotopic (exact) mass is 517 g/mol. The van der Waals surface area contributed by atoms with Gasteiger partial charge in [0.1, 0.15) is 11.8 Å². The zero-order valence-corrected chi connectivity index (χ0v) is 19.5. The molecule has 37 heavy (non-hydrogen) atoms. The Hall–Kier alpha value is -4.76. The molecule has 1 atom stereocenters. The molecule has 0 aliphatic carbocycles. The van der Waals surface area contributed by atoms with Crippen LogP contribution in [-0.2, 0) is 29.4 Å². The Balaban J connectivity index is 1.63. The second kappa shape index (κ2) is 9.36. The van der Waals surface area contributed by atoms with Gasteiger partial charge in [-0.1, -0.05) is 0 Å². The number of amides is 1. The summed E-state index contributed by atoms with van der Waals surface area (Å²) in [7, 11) is 1.38. The summed E-state index contributed by atoms with van der Waals surface area (Å²) in [5, 5.41) is 2.52. The number of hydrogen-bond acceptors (Lipinski definition) is 9. The molecule has 192 valence electrons. The molecule has 0 bridgehead atoms. The summed E-state index contributed by atoms with van der Waals surface area (Å²) in [6.07, 6.45) is 0.857. The zero-order chi connectivity index (χ0) is 27.1. The second-order valence-electron chi connectivity index (χ2n) is 8.01. The van der Waals surface area contributed by atoms with Crippen LogP contribution in [-0.4, -0.2) is 50.3 Å². The number of aryl methyl sites for hydroxylation is 1. The first-order chi connectivity index (χ1) is 17.4. The highest BCUT2D eigenvalue weighted by atomic mass is 19.4. The molecule has 1 amide bonds. The van der Waals surface area contributed by atoms with Crippen LogP contribution < -0.4 is 16.6 Å². The molecule has 16 heteroatoms. The smallest absolute Gasteiger partial charge is 0.312 e. The van der Waals surface area contributed by atoms with Crippen LogP contribution in [0.25, 0.3) is 22.4 Å². The van der Waals surface area contributed by atoms with E-state index in [9.17, 15) is 32.3 Å². The third kappa shape index (κ3) is 4.85. The molecule has 0 aromatic carbocycles. The first kappa shape index (κ1) is 25.3. The highest BCUT2D eigenvalue weighted by molar-refractivity contribution is 5.93. The molecular formula is C21H18F3N9O4. The van der Waals surface area contributed by atoms with Crippen LogP contribution in [0.2, 0.25) is 0 Å². The standard InChI is InChI=1S/C21H18F3N9O4/c1-10(34)8-32-18(36)15-16(31(3)20(32)37)28-9-33(15)11(2)17(35)30-14-7-25-6-13(29-14)12-4-26-19(27-5-12)21(22,23)24/h4-7,9,11H,8H2,1-3H3,(H,29,30,35). The number of carbonyl (C=O) groups excluding carboxylic acids is 2. The fourth-order valence-electron chi connectivity index (χ4n) is 3.47. The first-order valence-electron chi connectivity index (χ1n) is 10.6. The van der Waals surface area contributed by atoms with Crippen molar-refractivity contribution in [3.05, 3.63) is 57.8 Å². The van der Waals surface area contributed by atoms with E-state index >= 15 is 0 Å². The number of imidazole rings is 1. The van der Waals surface area contributed by atoms with E-state index in [4.69, 9.17) is 0 Å². The van der Waals surface area contributed by atoms with Gasteiger partial charge >= 0.3 is 11.9 Å². The molecule has 4 aromatic rings. The van der Waals surface area contributed by atoms with Crippen LogP contribution in [0.4, 0.5) is 19.0 Å². The number of Topliss-reactive ketones (excluding diaryl/α,β-unsaturated/α-hetero) is 1. The van der Waals surface area contributed by atoms with Crippen LogP contribution in [0.1, 0.15) is 25.7 Å². The molecule has 13 nitrogen and oxygen atoms in total. The Morgan fingerprint density at radius 2 is 1.76 bits per heavy atom. The van der Waals surface area contributed by atoms with Gasteiger partial charge in [0.15, 0.2) is 17.0 Å². The van der Waals surface area contributed by atoms with E-state index in [-0.39, 0.29) is 28.2 Å². The van der Waals surface area contributed by atoms with Crippen molar-refractivity contribution < 1.29 is 22.8 Å². The van der Waals surface area contributed by atoms with Crippen molar-refractivity contribution in [1.29, 1.82) is 0 Å². The fourth-order valence-corrected chi connectivity index (χ4v) is 3.47. The van der Waals surface area contributed by atoms with Gasteiger partial charge in [0, 0.05) is 25.0 Å². The number of hydrogen-bond donors (Lipinski definition) is 1. The van der Waals surface area contributed by atoms with E-state index in [1.165, 1.54) is 44.2 Å². The molecule has 0 aliphatic rings. The van der Waals surface area contributed by atoms with Gasteiger partial charge in [-0.25, -0.2) is 24.7 Å². The lowest BCUT2D eigenvalue weighted by atomic mass is 10.2. The Bertz CT molecular complexity index is 1640. The molecule has 0 saturated heterocycles. The van der Waals surface area contributed by atoms with Crippen LogP contribution in [0.3, 0.4) is 0 Å². The maximum atomic E-state index is 13.0. The van der Waals surface area contributed by atoms with Gasteiger partial charge in [-0.05, 0) is 13.8 Å². The minimum Gasteiger partial charge on any atom is -0.312 e. The lowest BCUT2D eigenvalue weighted by molar-refractivity contribution is -0.145. The molecule has 1 unspecified atom stereocenters. The van der Waals surface area contributed by atoms with E-state index in [0.717, 1.165) is 21.5 Å². The first-order valence-corrected chi connectivity index (χ1v) is 10.6. The number of nitrogens with one attached hydrogen (secondary N) is 1. The molecule has 1 N–H and O–H groups in total. The summed E-state index contributed by atoms with van der Waals surface area (Å²) in [4.78, 5) is 68.7. The largest absolute Gasteiger partial charge is 0.451 e. The number of halogens is 3. The predicted molar refractivity (Wildman–Crippen MR) is 121 cm³/mol. The Kier molecular flexibility index (Phi) is 6.41. The topological polar surface area (TPSA) is 160 Å². The minimum atomic E-state index is -4.70. The van der Waals surface area contributed by atoms with Crippen molar-refractivity contribution in [1.82, 2.24) is 38.6 Å². The molecule has 0 fully saturated rings. The van der Waals surface area contributed by atoms with Crippen LogP contribution in [0.5, 0.6) is 0 Å². The van der Waals surface area contributed by atoms with Crippen molar-refractivity contribution in [3.63, 3.8) is 0 Å². The maximum Gasteiger partial charge on any atom is 0.451 e. The second-order valence-corrected chi connectivity index (χ2v) is 8.01. The quantitative estimate of drug-likeness (QED) is 0.393. The van der Waals surface area contributed by atoms with Crippen LogP contribution >= 0.6 is 0 Å². The molecule has 0 spiro atoms. The average Bonchev–Trinajstić information content (AvgIpc) is 3.30. The number of ketones is 1. The van der Waals surface area contributed by atoms with Crippen LogP contribution in [0.15, 0.2) is 40.7 Å². The number of alkyl halides is 3. The molecule has 0 radical (unpaired) electrons. The molecule has 4 heterocycles. The van der Waals surface area contributed by atoms with E-state index in [1.54, 1.807) is 0 Å². The number of aromatic nitrogens is 8. The number of rotatable bonds is 6. The lowest BCUT2D eigenvalue weighted by Crippen LogP contribution is -2.41. The number of nitrogens with zero attached hydrogens (tertiary/aromatic N) is 8. The van der Waals surface area contributed by atoms with E-state index < -0.39 is 47.5 Å². The van der Waals surface area contributed by atoms with Crippen molar-refractivity contribution in [2.45, 2.75) is 32.6 Å². The normalized spacial score (nSPS) is 12.5. The average molecular weight is 517 g/mol. The summed E-state index contributed by atoms with van der Waals surface area (Å²) in [5.41, 5.74) is -1.30. The van der Waals surface area contributed by atoms with Crippen molar-refractivity contribution in [2.24, 2.45) is 7.05 Å². The molecule has 4 aromatic heterocycles. The van der Waals surface area contributed by atoms with Gasteiger partial charge in [0.2, 0.25) is 11.7 Å². The Morgan fingerprint density at radius 1 is 1.08 bits per heavy atom. The predicted octanol–water partition coefficient (Wildman–Crippen LogP) is 0.951. The Morgan fingerprint density at radius 3 is 2.38 bits per heavy atom. The summed E-state index contributed by atoms with van der Waals surface area (Å²) in [6.45, 7) is 2.26. The van der Waals surface area contributed by atoms with E-state index in [0.29, 0.717) is 0 Å². The highest BCUT2D eigenvalue weighted by Gasteiger charge is 2.34. The van der Waals surface area contributed by atoms with E-state index in [1.807, 2.05) is 0 Å².